The molecule has 5 aliphatic rings. The molecule has 2 aromatic heterocycles. The summed E-state index contributed by atoms with van der Waals surface area (Å²) in [6.45, 7) is 2.63. The van der Waals surface area contributed by atoms with E-state index >= 15 is 8.78 Å². The smallest absolute Gasteiger partial charge is 0.457 e. The van der Waals surface area contributed by atoms with Crippen molar-refractivity contribution in [3.05, 3.63) is 46.6 Å². The Bertz CT molecular complexity index is 2180. The van der Waals surface area contributed by atoms with Gasteiger partial charge in [-0.1, -0.05) is 23.6 Å². The Kier molecular flexibility index (Phi) is 10.0. The van der Waals surface area contributed by atoms with E-state index in [2.05, 4.69) is 31.5 Å². The van der Waals surface area contributed by atoms with Gasteiger partial charge < -0.3 is 44.7 Å². The van der Waals surface area contributed by atoms with Crippen LogP contribution in [-0.4, -0.2) is 113 Å². The van der Waals surface area contributed by atoms with Crippen LogP contribution in [0.2, 0.25) is 5.15 Å². The lowest BCUT2D eigenvalue weighted by Gasteiger charge is -2.49. The van der Waals surface area contributed by atoms with Crippen LogP contribution in [0, 0.1) is 24.0 Å². The molecule has 9 rings (SSSR count). The van der Waals surface area contributed by atoms with E-state index < -0.39 is 42.1 Å². The first-order valence-electron chi connectivity index (χ1n) is 18.3. The van der Waals surface area contributed by atoms with E-state index in [9.17, 15) is 15.0 Å². The number of carbonyl (C=O) groups excluding carboxylic acids is 1. The topological polar surface area (TPSA) is 164 Å². The fraction of sp³-hybridized carbons (Fsp3) is 0.474. The summed E-state index contributed by atoms with van der Waals surface area (Å²) in [7, 11) is 1.78. The number of carbonyl (C=O) groups is 1. The molecule has 2 atom stereocenters. The lowest BCUT2D eigenvalue weighted by Crippen LogP contribution is -2.67. The summed E-state index contributed by atoms with van der Waals surface area (Å²) in [5.74, 6) is -1.73. The number of anilines is 1. The van der Waals surface area contributed by atoms with Crippen LogP contribution in [0.5, 0.6) is 11.8 Å². The Morgan fingerprint density at radius 2 is 1.87 bits per heavy atom. The molecular formula is C38H40ClF2N7O7. The van der Waals surface area contributed by atoms with Gasteiger partial charge in [-0.3, -0.25) is 4.90 Å². The van der Waals surface area contributed by atoms with Crippen LogP contribution in [0.15, 0.2) is 24.3 Å². The quantitative estimate of drug-likeness (QED) is 0.0536. The number of ether oxygens (including phenoxy) is 4. The number of piperazine rings is 1. The zero-order valence-electron chi connectivity index (χ0n) is 30.0. The van der Waals surface area contributed by atoms with Gasteiger partial charge in [-0.15, -0.1) is 6.42 Å². The average Bonchev–Trinajstić information content (AvgIpc) is 3.77. The van der Waals surface area contributed by atoms with E-state index in [4.69, 9.17) is 37.0 Å². The fourth-order valence-electron chi connectivity index (χ4n) is 8.51. The first kappa shape index (κ1) is 37.3. The van der Waals surface area contributed by atoms with Crippen molar-refractivity contribution >= 4 is 45.2 Å². The number of hydrogen-bond donors (Lipinski definition) is 4. The summed E-state index contributed by atoms with van der Waals surface area (Å²) >= 11 is 6.93. The molecule has 0 amide bonds. The second kappa shape index (κ2) is 14.8. The van der Waals surface area contributed by atoms with Gasteiger partial charge in [0.05, 0.1) is 17.6 Å². The van der Waals surface area contributed by atoms with Gasteiger partial charge in [-0.25, -0.2) is 18.6 Å². The normalized spacial score (nSPS) is 20.3. The van der Waals surface area contributed by atoms with Gasteiger partial charge >= 0.3 is 18.1 Å². The Labute approximate surface area is 320 Å². The molecule has 0 spiro atoms. The summed E-state index contributed by atoms with van der Waals surface area (Å²) < 4.78 is 54.2. The summed E-state index contributed by atoms with van der Waals surface area (Å²) in [6, 6.07) is 5.39. The minimum absolute atomic E-state index is 0.00652. The number of fused-ring (bicyclic) bond motifs is 5. The highest BCUT2D eigenvalue weighted by Gasteiger charge is 2.60. The van der Waals surface area contributed by atoms with Gasteiger partial charge in [0.2, 0.25) is 6.79 Å². The monoisotopic (exact) mass is 779 g/mol. The van der Waals surface area contributed by atoms with Gasteiger partial charge in [0.25, 0.3) is 0 Å². The number of terminal acetylenes is 1. The first-order chi connectivity index (χ1) is 26.5. The number of pyridine rings is 1. The molecule has 4 N–H and O–H groups in total. The van der Waals surface area contributed by atoms with E-state index in [1.54, 1.807) is 7.05 Å². The number of nitrogens with zero attached hydrogens (tertiary/aromatic N) is 5. The summed E-state index contributed by atoms with van der Waals surface area (Å²) in [5, 5.41) is 29.9. The fourth-order valence-corrected chi connectivity index (χ4v) is 8.77. The SMILES string of the molecule is C#Cc1c(F)ccc2cc(OCOC(=O)OCCCNC)cc(-c3nc(Cl)c4c(N5CC6CC(C5)N6)nc(OC(O)(O)C56CCCN5CCC6)nc4c3F)c12. The number of nitrogens with one attached hydrogen (secondary N) is 2. The van der Waals surface area contributed by atoms with Gasteiger partial charge in [-0.05, 0) is 88.8 Å². The number of rotatable bonds is 12. The molecule has 5 fully saturated rings. The summed E-state index contributed by atoms with van der Waals surface area (Å²) in [5.41, 5.74) is -1.90. The zero-order chi connectivity index (χ0) is 38.5. The highest BCUT2D eigenvalue weighted by Crippen LogP contribution is 2.47. The minimum atomic E-state index is -2.70. The molecule has 2 unspecified atom stereocenters. The lowest BCUT2D eigenvalue weighted by atomic mass is 9.91. The number of hydrogen-bond acceptors (Lipinski definition) is 14. The molecule has 17 heteroatoms. The molecular weight excluding hydrogens is 740 g/mol. The Morgan fingerprint density at radius 3 is 2.58 bits per heavy atom. The van der Waals surface area contributed by atoms with Crippen molar-refractivity contribution in [3.63, 3.8) is 0 Å². The Balaban J connectivity index is 1.23. The molecule has 14 nitrogen and oxygen atoms in total. The molecule has 0 saturated carbocycles. The molecule has 2 aromatic carbocycles. The predicted molar refractivity (Wildman–Crippen MR) is 198 cm³/mol. The predicted octanol–water partition coefficient (Wildman–Crippen LogP) is 4.05. The molecule has 55 heavy (non-hydrogen) atoms. The lowest BCUT2D eigenvalue weighted by molar-refractivity contribution is -0.349. The number of aliphatic hydroxyl groups is 2. The Hall–Kier alpha value is -4.63. The first-order valence-corrected chi connectivity index (χ1v) is 18.7. The van der Waals surface area contributed by atoms with E-state index in [0.717, 1.165) is 19.3 Å². The van der Waals surface area contributed by atoms with Crippen LogP contribution in [0.3, 0.4) is 0 Å². The average molecular weight is 780 g/mol. The molecule has 5 saturated heterocycles. The molecule has 0 radical (unpaired) electrons. The second-order valence-corrected chi connectivity index (χ2v) is 14.7. The van der Waals surface area contributed by atoms with Crippen molar-refractivity contribution in [3.8, 4) is 35.4 Å². The number of aromatic nitrogens is 3. The molecule has 290 valence electrons. The third-order valence-corrected chi connectivity index (χ3v) is 11.3. The van der Waals surface area contributed by atoms with Crippen LogP contribution in [0.1, 0.15) is 44.1 Å². The highest BCUT2D eigenvalue weighted by atomic mass is 35.5. The van der Waals surface area contributed by atoms with Crippen LogP contribution in [0.25, 0.3) is 32.9 Å². The van der Waals surface area contributed by atoms with Crippen molar-refractivity contribution in [2.45, 2.75) is 62.1 Å². The standard InChI is InChI=1S/C38H40ClF2N7O7/c1-3-25-27(40)8-7-21-15-24(53-20-54-36(49)52-14-6-11-42-2)17-26(28(21)25)31-30(41)32-29(33(39)44-31)34(47-18-22-16-23(19-47)43-22)46-35(45-32)55-38(50,51)37-9-4-12-48(37)13-5-10-37/h1,7-8,15,17,22-23,42-43,50-51H,4-6,9-14,16,18-20H2,2H3. The minimum Gasteiger partial charge on any atom is -0.457 e. The van der Waals surface area contributed by atoms with Gasteiger partial charge in [0, 0.05) is 36.1 Å². The third kappa shape index (κ3) is 6.72. The number of benzene rings is 2. The molecule has 2 bridgehead atoms. The van der Waals surface area contributed by atoms with Crippen molar-refractivity contribution in [2.75, 3.05) is 58.1 Å². The Morgan fingerprint density at radius 1 is 1.13 bits per heavy atom. The number of piperidine rings is 1. The summed E-state index contributed by atoms with van der Waals surface area (Å²) in [6.07, 6.45) is 8.86. The van der Waals surface area contributed by atoms with Crippen LogP contribution >= 0.6 is 11.6 Å². The van der Waals surface area contributed by atoms with E-state index in [1.807, 2.05) is 9.80 Å². The van der Waals surface area contributed by atoms with Crippen molar-refractivity contribution < 1.29 is 42.7 Å². The largest absolute Gasteiger partial charge is 0.511 e. The third-order valence-electron chi connectivity index (χ3n) is 11.0. The van der Waals surface area contributed by atoms with E-state index in [-0.39, 0.29) is 68.5 Å². The number of halogens is 3. The molecule has 5 aliphatic heterocycles. The van der Waals surface area contributed by atoms with E-state index in [0.29, 0.717) is 57.4 Å². The molecule has 0 aliphatic carbocycles. The van der Waals surface area contributed by atoms with Gasteiger partial charge in [0.15, 0.2) is 5.82 Å². The maximum Gasteiger partial charge on any atom is 0.511 e. The maximum atomic E-state index is 17.3. The maximum absolute atomic E-state index is 17.3. The summed E-state index contributed by atoms with van der Waals surface area (Å²) in [4.78, 5) is 29.5. The van der Waals surface area contributed by atoms with Crippen molar-refractivity contribution in [2.24, 2.45) is 0 Å². The zero-order valence-corrected chi connectivity index (χ0v) is 30.8. The van der Waals surface area contributed by atoms with Gasteiger partial charge in [0.1, 0.15) is 39.3 Å². The van der Waals surface area contributed by atoms with Crippen LogP contribution < -0.4 is 25.0 Å². The van der Waals surface area contributed by atoms with Crippen molar-refractivity contribution in [1.82, 2.24) is 30.5 Å². The van der Waals surface area contributed by atoms with Crippen LogP contribution in [-0.2, 0) is 9.47 Å². The van der Waals surface area contributed by atoms with Crippen molar-refractivity contribution in [1.29, 1.82) is 0 Å². The molecule has 7 heterocycles. The van der Waals surface area contributed by atoms with Gasteiger partial charge in [-0.2, -0.15) is 9.97 Å². The van der Waals surface area contributed by atoms with E-state index in [1.165, 1.54) is 24.3 Å². The molecule has 4 aromatic rings. The van der Waals surface area contributed by atoms with Crippen LogP contribution in [0.4, 0.5) is 19.4 Å². The highest BCUT2D eigenvalue weighted by molar-refractivity contribution is 6.35. The second-order valence-electron chi connectivity index (χ2n) is 14.4.